The van der Waals surface area contributed by atoms with Gasteiger partial charge >= 0.3 is 0 Å². The van der Waals surface area contributed by atoms with Crippen molar-refractivity contribution in [1.29, 1.82) is 0 Å². The van der Waals surface area contributed by atoms with Crippen LogP contribution in [-0.4, -0.2) is 15.0 Å². The maximum absolute atomic E-state index is 4.52. The molecule has 0 radical (unpaired) electrons. The lowest BCUT2D eigenvalue weighted by molar-refractivity contribution is 1.23. The van der Waals surface area contributed by atoms with Gasteiger partial charge in [0.1, 0.15) is 11.8 Å². The van der Waals surface area contributed by atoms with Gasteiger partial charge in [-0.3, -0.25) is 0 Å². The zero-order chi connectivity index (χ0) is 14.9. The Morgan fingerprint density at radius 3 is 2.09 bits per heavy atom. The Morgan fingerprint density at radius 1 is 0.773 bits per heavy atom. The molecule has 4 rings (SSSR count). The Balaban J connectivity index is 2.02. The standard InChI is InChI=1S/C19H15N3/c1-13-16-17(14-8-4-2-5-9-14)20-12-21-19(16)18(22-13)15-10-6-3-7-11-15/h2-12,22H,1H3. The summed E-state index contributed by atoms with van der Waals surface area (Å²) in [7, 11) is 0. The summed E-state index contributed by atoms with van der Waals surface area (Å²) < 4.78 is 0. The first-order chi connectivity index (χ1) is 10.8. The van der Waals surface area contributed by atoms with E-state index in [4.69, 9.17) is 0 Å². The number of rotatable bonds is 2. The molecular formula is C19H15N3. The number of nitrogens with one attached hydrogen (secondary N) is 1. The van der Waals surface area contributed by atoms with Crippen molar-refractivity contribution in [3.05, 3.63) is 72.7 Å². The summed E-state index contributed by atoms with van der Waals surface area (Å²) in [4.78, 5) is 12.5. The number of benzene rings is 2. The van der Waals surface area contributed by atoms with Gasteiger partial charge in [-0.15, -0.1) is 0 Å². The molecule has 0 bridgehead atoms. The average Bonchev–Trinajstić information content (AvgIpc) is 2.94. The van der Waals surface area contributed by atoms with Crippen LogP contribution >= 0.6 is 0 Å². The van der Waals surface area contributed by atoms with Crippen LogP contribution in [-0.2, 0) is 0 Å². The van der Waals surface area contributed by atoms with Gasteiger partial charge in [0.25, 0.3) is 0 Å². The molecule has 0 fully saturated rings. The molecule has 0 aliphatic carbocycles. The predicted molar refractivity (Wildman–Crippen MR) is 89.5 cm³/mol. The fourth-order valence-corrected chi connectivity index (χ4v) is 2.87. The largest absolute Gasteiger partial charge is 0.356 e. The quantitative estimate of drug-likeness (QED) is 0.584. The lowest BCUT2D eigenvalue weighted by Crippen LogP contribution is -1.88. The molecule has 106 valence electrons. The van der Waals surface area contributed by atoms with Crippen molar-refractivity contribution >= 4 is 10.9 Å². The van der Waals surface area contributed by atoms with Gasteiger partial charge in [0.2, 0.25) is 0 Å². The topological polar surface area (TPSA) is 41.6 Å². The highest BCUT2D eigenvalue weighted by Gasteiger charge is 2.15. The van der Waals surface area contributed by atoms with Crippen LogP contribution < -0.4 is 0 Å². The van der Waals surface area contributed by atoms with Crippen LogP contribution in [0.5, 0.6) is 0 Å². The second-order valence-corrected chi connectivity index (χ2v) is 5.30. The van der Waals surface area contributed by atoms with Gasteiger partial charge in [0.05, 0.1) is 11.4 Å². The summed E-state index contributed by atoms with van der Waals surface area (Å²) in [6.45, 7) is 2.07. The zero-order valence-corrected chi connectivity index (χ0v) is 12.2. The second kappa shape index (κ2) is 5.11. The first kappa shape index (κ1) is 12.8. The Morgan fingerprint density at radius 2 is 1.41 bits per heavy atom. The Kier molecular flexibility index (Phi) is 2.97. The van der Waals surface area contributed by atoms with Crippen LogP contribution in [0.1, 0.15) is 5.69 Å². The molecule has 0 aliphatic heterocycles. The molecule has 3 heteroatoms. The Bertz CT molecular complexity index is 925. The minimum Gasteiger partial charge on any atom is -0.356 e. The highest BCUT2D eigenvalue weighted by atomic mass is 14.9. The van der Waals surface area contributed by atoms with E-state index in [-0.39, 0.29) is 0 Å². The van der Waals surface area contributed by atoms with Crippen molar-refractivity contribution in [1.82, 2.24) is 15.0 Å². The van der Waals surface area contributed by atoms with Crippen molar-refractivity contribution in [2.75, 3.05) is 0 Å². The summed E-state index contributed by atoms with van der Waals surface area (Å²) in [5.41, 5.74) is 6.33. The van der Waals surface area contributed by atoms with Gasteiger partial charge in [0, 0.05) is 22.2 Å². The van der Waals surface area contributed by atoms with Crippen LogP contribution in [0.15, 0.2) is 67.0 Å². The maximum atomic E-state index is 4.52. The number of H-pyrrole nitrogens is 1. The van der Waals surface area contributed by atoms with Gasteiger partial charge in [0.15, 0.2) is 0 Å². The SMILES string of the molecule is Cc1[nH]c(-c2ccccc2)c2ncnc(-c3ccccc3)c12. The monoisotopic (exact) mass is 285 g/mol. The van der Waals surface area contributed by atoms with Crippen molar-refractivity contribution in [2.45, 2.75) is 6.92 Å². The normalized spacial score (nSPS) is 11.0. The lowest BCUT2D eigenvalue weighted by Gasteiger charge is -2.03. The first-order valence-corrected chi connectivity index (χ1v) is 7.28. The molecule has 0 unspecified atom stereocenters. The van der Waals surface area contributed by atoms with Crippen molar-refractivity contribution < 1.29 is 0 Å². The second-order valence-electron chi connectivity index (χ2n) is 5.30. The molecule has 2 aromatic carbocycles. The van der Waals surface area contributed by atoms with Crippen LogP contribution in [0.4, 0.5) is 0 Å². The molecule has 0 saturated carbocycles. The summed E-state index contributed by atoms with van der Waals surface area (Å²) in [5, 5.41) is 1.09. The van der Waals surface area contributed by atoms with E-state index >= 15 is 0 Å². The van der Waals surface area contributed by atoms with Gasteiger partial charge in [-0.2, -0.15) is 0 Å². The van der Waals surface area contributed by atoms with Crippen molar-refractivity contribution in [3.8, 4) is 22.5 Å². The molecule has 0 amide bonds. The fourth-order valence-electron chi connectivity index (χ4n) is 2.87. The number of hydrogen-bond donors (Lipinski definition) is 1. The van der Waals surface area contributed by atoms with Crippen molar-refractivity contribution in [2.24, 2.45) is 0 Å². The molecular weight excluding hydrogens is 270 g/mol. The third-order valence-corrected chi connectivity index (χ3v) is 3.88. The number of aryl methyl sites for hydroxylation is 1. The predicted octanol–water partition coefficient (Wildman–Crippen LogP) is 4.60. The summed E-state index contributed by atoms with van der Waals surface area (Å²) in [5.74, 6) is 0. The molecule has 0 spiro atoms. The third-order valence-electron chi connectivity index (χ3n) is 3.88. The average molecular weight is 285 g/mol. The molecule has 3 nitrogen and oxygen atoms in total. The number of hydrogen-bond acceptors (Lipinski definition) is 2. The lowest BCUT2D eigenvalue weighted by atomic mass is 10.1. The molecule has 2 heterocycles. The Labute approximate surface area is 128 Å². The third kappa shape index (κ3) is 1.99. The van der Waals surface area contributed by atoms with Crippen molar-refractivity contribution in [3.63, 3.8) is 0 Å². The van der Waals surface area contributed by atoms with E-state index in [9.17, 15) is 0 Å². The van der Waals surface area contributed by atoms with Crippen LogP contribution in [0.3, 0.4) is 0 Å². The van der Waals surface area contributed by atoms with Crippen LogP contribution in [0.2, 0.25) is 0 Å². The molecule has 4 aromatic rings. The number of fused-ring (bicyclic) bond motifs is 1. The molecule has 2 aromatic heterocycles. The van der Waals surface area contributed by atoms with E-state index < -0.39 is 0 Å². The smallest absolute Gasteiger partial charge is 0.116 e. The van der Waals surface area contributed by atoms with E-state index in [1.54, 1.807) is 6.33 Å². The molecule has 0 atom stereocenters. The van der Waals surface area contributed by atoms with Gasteiger partial charge in [-0.1, -0.05) is 60.7 Å². The molecule has 1 N–H and O–H groups in total. The molecule has 0 aliphatic rings. The van der Waals surface area contributed by atoms with Crippen LogP contribution in [0.25, 0.3) is 33.4 Å². The van der Waals surface area contributed by atoms with E-state index in [0.717, 1.165) is 39.1 Å². The highest BCUT2D eigenvalue weighted by molar-refractivity contribution is 6.02. The molecule has 22 heavy (non-hydrogen) atoms. The first-order valence-electron chi connectivity index (χ1n) is 7.28. The minimum absolute atomic E-state index is 0.970. The highest BCUT2D eigenvalue weighted by Crippen LogP contribution is 2.34. The maximum Gasteiger partial charge on any atom is 0.116 e. The zero-order valence-electron chi connectivity index (χ0n) is 12.2. The van der Waals surface area contributed by atoms with E-state index in [2.05, 4.69) is 46.1 Å². The number of nitrogens with zero attached hydrogens (tertiary/aromatic N) is 2. The van der Waals surface area contributed by atoms with E-state index in [1.807, 2.05) is 36.4 Å². The molecule has 0 saturated heterocycles. The summed E-state index contributed by atoms with van der Waals surface area (Å²) in [6.07, 6.45) is 1.64. The van der Waals surface area contributed by atoms with Crippen LogP contribution in [0, 0.1) is 6.92 Å². The number of aromatic amines is 1. The minimum atomic E-state index is 0.970. The summed E-state index contributed by atoms with van der Waals surface area (Å²) >= 11 is 0. The van der Waals surface area contributed by atoms with E-state index in [1.165, 1.54) is 0 Å². The number of aromatic nitrogens is 3. The summed E-state index contributed by atoms with van der Waals surface area (Å²) in [6, 6.07) is 20.5. The van der Waals surface area contributed by atoms with Gasteiger partial charge in [-0.05, 0) is 6.92 Å². The van der Waals surface area contributed by atoms with Gasteiger partial charge in [-0.25, -0.2) is 9.97 Å². The fraction of sp³-hybridized carbons (Fsp3) is 0.0526. The Hall–Kier alpha value is -2.94. The van der Waals surface area contributed by atoms with E-state index in [0.29, 0.717) is 0 Å². The van der Waals surface area contributed by atoms with Gasteiger partial charge < -0.3 is 4.98 Å².